The zero-order valence-electron chi connectivity index (χ0n) is 16.0. The lowest BCUT2D eigenvalue weighted by Crippen LogP contribution is -2.57. The monoisotopic (exact) mass is 407 g/mol. The summed E-state index contributed by atoms with van der Waals surface area (Å²) in [5.74, 6) is 0.576. The van der Waals surface area contributed by atoms with E-state index in [2.05, 4.69) is 24.9 Å². The highest BCUT2D eigenvalue weighted by atomic mass is 32.1. The van der Waals surface area contributed by atoms with Gasteiger partial charge in [0.2, 0.25) is 5.91 Å². The molecule has 3 aliphatic rings. The molecular weight excluding hydrogens is 381 g/mol. The number of carbonyl (C=O) groups is 2. The van der Waals surface area contributed by atoms with Gasteiger partial charge in [0, 0.05) is 24.4 Å². The minimum absolute atomic E-state index is 0.0174. The van der Waals surface area contributed by atoms with Crippen LogP contribution in [0.3, 0.4) is 0 Å². The maximum Gasteiger partial charge on any atom is 0.414 e. The number of ether oxygens (including phenoxy) is 1. The fourth-order valence-corrected chi connectivity index (χ4v) is 4.26. The Morgan fingerprint density at radius 1 is 1.39 bits per heavy atom. The average molecular weight is 408 g/mol. The van der Waals surface area contributed by atoms with Crippen LogP contribution in [0.4, 0.5) is 20.6 Å². The van der Waals surface area contributed by atoms with Gasteiger partial charge in [-0.1, -0.05) is 6.92 Å². The number of halogens is 1. The lowest BCUT2D eigenvalue weighted by Gasteiger charge is -2.50. The quantitative estimate of drug-likeness (QED) is 0.683. The second-order valence-electron chi connectivity index (χ2n) is 8.14. The van der Waals surface area contributed by atoms with Crippen molar-refractivity contribution < 1.29 is 18.7 Å². The summed E-state index contributed by atoms with van der Waals surface area (Å²) in [6.07, 6.45) is 1.94. The Bertz CT molecular complexity index is 774. The normalized spacial score (nSPS) is 23.4. The predicted molar refractivity (Wildman–Crippen MR) is 109 cm³/mol. The molecule has 1 saturated carbocycles. The van der Waals surface area contributed by atoms with E-state index in [1.807, 2.05) is 4.90 Å². The van der Waals surface area contributed by atoms with E-state index in [9.17, 15) is 14.0 Å². The number of hydrogen-bond acceptors (Lipinski definition) is 5. The molecule has 0 unspecified atom stereocenters. The highest BCUT2D eigenvalue weighted by molar-refractivity contribution is 7.80. The Balaban J connectivity index is 1.37. The van der Waals surface area contributed by atoms with E-state index >= 15 is 0 Å². The highest BCUT2D eigenvalue weighted by Gasteiger charge is 2.41. The number of amides is 2. The number of cyclic esters (lactones) is 1. The van der Waals surface area contributed by atoms with Gasteiger partial charge >= 0.3 is 6.09 Å². The summed E-state index contributed by atoms with van der Waals surface area (Å²) in [6, 6.07) is 4.85. The van der Waals surface area contributed by atoms with Crippen LogP contribution in [0.2, 0.25) is 0 Å². The maximum absolute atomic E-state index is 14.7. The lowest BCUT2D eigenvalue weighted by atomic mass is 9.79. The molecule has 2 amide bonds. The number of carbonyl (C=O) groups excluding carboxylic acids is 2. The van der Waals surface area contributed by atoms with Crippen molar-refractivity contribution in [1.29, 1.82) is 0 Å². The van der Waals surface area contributed by atoms with Crippen LogP contribution in [0.1, 0.15) is 26.2 Å². The summed E-state index contributed by atoms with van der Waals surface area (Å²) in [5.41, 5.74) is 1.18. The first kappa shape index (κ1) is 19.4. The molecule has 1 aliphatic carbocycles. The molecule has 3 fully saturated rings. The molecule has 2 aliphatic heterocycles. The van der Waals surface area contributed by atoms with Crippen molar-refractivity contribution in [1.82, 2.24) is 5.32 Å². The Labute approximate surface area is 169 Å². The van der Waals surface area contributed by atoms with Gasteiger partial charge in [0.15, 0.2) is 0 Å². The van der Waals surface area contributed by atoms with Gasteiger partial charge in [-0.05, 0) is 43.2 Å². The summed E-state index contributed by atoms with van der Waals surface area (Å²) in [6.45, 7) is 4.30. The molecular formula is C20H26FN3O3S. The van der Waals surface area contributed by atoms with E-state index in [4.69, 9.17) is 4.74 Å². The van der Waals surface area contributed by atoms with Gasteiger partial charge in [0.1, 0.15) is 11.9 Å². The van der Waals surface area contributed by atoms with E-state index in [1.165, 1.54) is 11.0 Å². The third kappa shape index (κ3) is 3.66. The number of anilines is 2. The molecule has 0 spiro atoms. The SMILES string of the molecule is CCC1(CS)CN(c2ccc(N3C[C@H](CNC(=O)C4CC4)OC3=O)cc2F)C1. The number of nitrogens with zero attached hydrogens (tertiary/aromatic N) is 2. The molecule has 1 aromatic rings. The van der Waals surface area contributed by atoms with Gasteiger partial charge < -0.3 is 15.0 Å². The molecule has 2 saturated heterocycles. The van der Waals surface area contributed by atoms with Crippen LogP contribution in [0.5, 0.6) is 0 Å². The highest BCUT2D eigenvalue weighted by Crippen LogP contribution is 2.40. The zero-order chi connectivity index (χ0) is 19.9. The largest absolute Gasteiger partial charge is 0.442 e. The topological polar surface area (TPSA) is 61.9 Å². The second kappa shape index (κ2) is 7.46. The van der Waals surface area contributed by atoms with Crippen LogP contribution in [-0.4, -0.2) is 50.0 Å². The third-order valence-electron chi connectivity index (χ3n) is 6.05. The summed E-state index contributed by atoms with van der Waals surface area (Å²) < 4.78 is 20.0. The molecule has 2 heterocycles. The fourth-order valence-electron chi connectivity index (χ4n) is 3.83. The second-order valence-corrected chi connectivity index (χ2v) is 8.46. The molecule has 6 nitrogen and oxygen atoms in total. The summed E-state index contributed by atoms with van der Waals surface area (Å²) in [7, 11) is 0. The number of hydrogen-bond donors (Lipinski definition) is 2. The molecule has 0 aromatic heterocycles. The summed E-state index contributed by atoms with van der Waals surface area (Å²) in [5, 5.41) is 2.82. The first-order valence-corrected chi connectivity index (χ1v) is 10.5. The van der Waals surface area contributed by atoms with E-state index in [0.29, 0.717) is 17.9 Å². The van der Waals surface area contributed by atoms with Crippen molar-refractivity contribution in [2.45, 2.75) is 32.3 Å². The summed E-state index contributed by atoms with van der Waals surface area (Å²) in [4.78, 5) is 27.4. The van der Waals surface area contributed by atoms with Gasteiger partial charge in [-0.2, -0.15) is 12.6 Å². The Hall–Kier alpha value is -1.96. The van der Waals surface area contributed by atoms with Crippen LogP contribution in [-0.2, 0) is 9.53 Å². The number of thiol groups is 1. The minimum atomic E-state index is -0.512. The van der Waals surface area contributed by atoms with Crippen LogP contribution in [0, 0.1) is 17.2 Å². The molecule has 0 radical (unpaired) electrons. The molecule has 8 heteroatoms. The standard InChI is InChI=1S/C20H26FN3O3S/c1-2-20(12-28)10-23(11-20)17-6-5-14(7-16(17)21)24-9-15(27-19(24)26)8-22-18(25)13-3-4-13/h5-7,13,15,28H,2-4,8-12H2,1H3,(H,22,25)/t15-/m0/s1. The first-order valence-electron chi connectivity index (χ1n) is 9.86. The third-order valence-corrected chi connectivity index (χ3v) is 6.72. The molecule has 1 N–H and O–H groups in total. The summed E-state index contributed by atoms with van der Waals surface area (Å²) >= 11 is 4.42. The van der Waals surface area contributed by atoms with Crippen molar-refractivity contribution in [2.24, 2.45) is 11.3 Å². The Morgan fingerprint density at radius 2 is 2.14 bits per heavy atom. The van der Waals surface area contributed by atoms with Gasteiger partial charge in [-0.3, -0.25) is 9.69 Å². The van der Waals surface area contributed by atoms with Crippen LogP contribution < -0.4 is 15.1 Å². The Kier molecular flexibility index (Phi) is 5.16. The minimum Gasteiger partial charge on any atom is -0.442 e. The van der Waals surface area contributed by atoms with Crippen molar-refractivity contribution >= 4 is 36.0 Å². The fraction of sp³-hybridized carbons (Fsp3) is 0.600. The predicted octanol–water partition coefficient (Wildman–Crippen LogP) is 2.82. The van der Waals surface area contributed by atoms with Gasteiger partial charge in [-0.15, -0.1) is 0 Å². The molecule has 1 aromatic carbocycles. The van der Waals surface area contributed by atoms with E-state index in [-0.39, 0.29) is 29.6 Å². The van der Waals surface area contributed by atoms with Crippen molar-refractivity contribution in [2.75, 3.05) is 41.7 Å². The van der Waals surface area contributed by atoms with Crippen molar-refractivity contribution in [3.8, 4) is 0 Å². The Morgan fingerprint density at radius 3 is 2.75 bits per heavy atom. The van der Waals surface area contributed by atoms with Gasteiger partial charge in [0.05, 0.1) is 24.5 Å². The zero-order valence-corrected chi connectivity index (χ0v) is 16.9. The number of rotatable bonds is 7. The van der Waals surface area contributed by atoms with Crippen molar-refractivity contribution in [3.05, 3.63) is 24.0 Å². The van der Waals surface area contributed by atoms with Crippen LogP contribution >= 0.6 is 12.6 Å². The van der Waals surface area contributed by atoms with E-state index in [0.717, 1.165) is 38.1 Å². The first-order chi connectivity index (χ1) is 13.4. The molecule has 1 atom stereocenters. The van der Waals surface area contributed by atoms with Crippen LogP contribution in [0.15, 0.2) is 18.2 Å². The molecule has 0 bridgehead atoms. The van der Waals surface area contributed by atoms with Gasteiger partial charge in [-0.25, -0.2) is 9.18 Å². The lowest BCUT2D eigenvalue weighted by molar-refractivity contribution is -0.122. The van der Waals surface area contributed by atoms with Gasteiger partial charge in [0.25, 0.3) is 0 Å². The van der Waals surface area contributed by atoms with E-state index in [1.54, 1.807) is 12.1 Å². The molecule has 28 heavy (non-hydrogen) atoms. The smallest absolute Gasteiger partial charge is 0.414 e. The number of benzene rings is 1. The van der Waals surface area contributed by atoms with Crippen LogP contribution in [0.25, 0.3) is 0 Å². The molecule has 4 rings (SSSR count). The van der Waals surface area contributed by atoms with Crippen molar-refractivity contribution in [3.63, 3.8) is 0 Å². The number of nitrogens with one attached hydrogen (secondary N) is 1. The molecule has 152 valence electrons. The van der Waals surface area contributed by atoms with E-state index < -0.39 is 12.2 Å². The average Bonchev–Trinajstić information content (AvgIpc) is 3.44. The maximum atomic E-state index is 14.7.